The van der Waals surface area contributed by atoms with E-state index in [9.17, 15) is 9.90 Å². The summed E-state index contributed by atoms with van der Waals surface area (Å²) in [5.41, 5.74) is 2.26. The van der Waals surface area contributed by atoms with E-state index >= 15 is 0 Å². The van der Waals surface area contributed by atoms with Gasteiger partial charge < -0.3 is 14.4 Å². The molecule has 0 bridgehead atoms. The van der Waals surface area contributed by atoms with Crippen LogP contribution in [0.15, 0.2) is 53.5 Å². The Kier molecular flexibility index (Phi) is 7.25. The lowest BCUT2D eigenvalue weighted by Crippen LogP contribution is -2.09. The minimum absolute atomic E-state index is 0.362. The first-order valence-corrected chi connectivity index (χ1v) is 10.6. The van der Waals surface area contributed by atoms with Gasteiger partial charge in [-0.05, 0) is 41.6 Å². The van der Waals surface area contributed by atoms with Crippen LogP contribution in [0.5, 0.6) is 5.75 Å². The van der Waals surface area contributed by atoms with Crippen LogP contribution < -0.4 is 4.74 Å². The van der Waals surface area contributed by atoms with Crippen molar-refractivity contribution in [3.8, 4) is 5.75 Å². The van der Waals surface area contributed by atoms with Crippen LogP contribution in [0.25, 0.3) is 6.08 Å². The topological polar surface area (TPSA) is 64.3 Å². The monoisotopic (exact) mass is 410 g/mol. The fourth-order valence-corrected chi connectivity index (χ4v) is 3.91. The van der Waals surface area contributed by atoms with Gasteiger partial charge in [0.05, 0.1) is 19.0 Å². The summed E-state index contributed by atoms with van der Waals surface area (Å²) in [5, 5.41) is 11.7. The number of imidazole rings is 1. The Morgan fingerprint density at radius 3 is 2.86 bits per heavy atom. The molecule has 0 aliphatic carbocycles. The molecule has 3 aromatic rings. The first kappa shape index (κ1) is 20.9. The van der Waals surface area contributed by atoms with Crippen molar-refractivity contribution in [2.24, 2.45) is 0 Å². The lowest BCUT2D eigenvalue weighted by atomic mass is 10.1. The molecule has 6 heteroatoms. The summed E-state index contributed by atoms with van der Waals surface area (Å²) in [6, 6.07) is 11.8. The van der Waals surface area contributed by atoms with Crippen LogP contribution in [-0.4, -0.2) is 27.7 Å². The van der Waals surface area contributed by atoms with E-state index in [2.05, 4.69) is 16.5 Å². The van der Waals surface area contributed by atoms with Gasteiger partial charge in [0.15, 0.2) is 0 Å². The highest BCUT2D eigenvalue weighted by Gasteiger charge is 2.14. The molecule has 0 saturated heterocycles. The number of carbonyl (C=O) groups is 1. The molecule has 0 fully saturated rings. The van der Waals surface area contributed by atoms with Crippen LogP contribution in [0.1, 0.15) is 41.7 Å². The average molecular weight is 411 g/mol. The minimum atomic E-state index is -0.900. The van der Waals surface area contributed by atoms with E-state index in [0.29, 0.717) is 18.5 Å². The predicted molar refractivity (Wildman–Crippen MR) is 117 cm³/mol. The first-order chi connectivity index (χ1) is 14.1. The van der Waals surface area contributed by atoms with Crippen LogP contribution in [0.4, 0.5) is 0 Å². The van der Waals surface area contributed by atoms with E-state index in [1.807, 2.05) is 41.8 Å². The number of carboxylic acid groups (broad SMARTS) is 1. The molecule has 1 aromatic carbocycles. The second-order valence-electron chi connectivity index (χ2n) is 6.87. The smallest absolute Gasteiger partial charge is 0.332 e. The molecule has 29 heavy (non-hydrogen) atoms. The molecular weight excluding hydrogens is 384 g/mol. The van der Waals surface area contributed by atoms with Crippen molar-refractivity contribution in [2.45, 2.75) is 39.2 Å². The Bertz CT molecular complexity index is 974. The molecule has 0 saturated carbocycles. The molecule has 5 nitrogen and oxygen atoms in total. The third-order valence-electron chi connectivity index (χ3n) is 4.74. The zero-order chi connectivity index (χ0) is 20.6. The SMILES string of the molecule is CCCCc1ncc(C=C(Cc2cccs2)C(=O)O)n1Cc1cccc(OC)c1. The van der Waals surface area contributed by atoms with Crippen molar-refractivity contribution in [3.63, 3.8) is 0 Å². The molecule has 0 aliphatic rings. The molecule has 0 amide bonds. The first-order valence-electron chi connectivity index (χ1n) is 9.74. The molecule has 152 valence electrons. The van der Waals surface area contributed by atoms with Gasteiger partial charge in [0.1, 0.15) is 11.6 Å². The maximum Gasteiger partial charge on any atom is 0.332 e. The number of hydrogen-bond donors (Lipinski definition) is 1. The Hall–Kier alpha value is -2.86. The number of methoxy groups -OCH3 is 1. The van der Waals surface area contributed by atoms with Crippen LogP contribution in [0.3, 0.4) is 0 Å². The third kappa shape index (κ3) is 5.57. The standard InChI is InChI=1S/C23H26N2O3S/c1-3-4-10-22-24-15-19(13-18(23(26)27)14-21-9-6-11-29-21)25(22)16-17-7-5-8-20(12-17)28-2/h5-9,11-13,15H,3-4,10,14,16H2,1-2H3,(H,26,27). The molecule has 2 heterocycles. The number of aromatic nitrogens is 2. The van der Waals surface area contributed by atoms with Gasteiger partial charge in [-0.3, -0.25) is 0 Å². The van der Waals surface area contributed by atoms with Crippen molar-refractivity contribution in [2.75, 3.05) is 7.11 Å². The number of thiophene rings is 1. The molecule has 0 atom stereocenters. The quantitative estimate of drug-likeness (QED) is 0.475. The van der Waals surface area contributed by atoms with Crippen molar-refractivity contribution >= 4 is 23.4 Å². The fraction of sp³-hybridized carbons (Fsp3) is 0.304. The molecule has 0 spiro atoms. The fourth-order valence-electron chi connectivity index (χ4n) is 3.18. The number of ether oxygens (including phenoxy) is 1. The highest BCUT2D eigenvalue weighted by molar-refractivity contribution is 7.09. The summed E-state index contributed by atoms with van der Waals surface area (Å²) in [4.78, 5) is 17.5. The number of hydrogen-bond acceptors (Lipinski definition) is 4. The number of nitrogens with zero attached hydrogens (tertiary/aromatic N) is 2. The Balaban J connectivity index is 1.96. The van der Waals surface area contributed by atoms with Crippen molar-refractivity contribution in [1.29, 1.82) is 0 Å². The molecule has 1 N–H and O–H groups in total. The minimum Gasteiger partial charge on any atom is -0.497 e. The van der Waals surface area contributed by atoms with Gasteiger partial charge in [0.2, 0.25) is 0 Å². The number of unbranched alkanes of at least 4 members (excludes halogenated alkanes) is 1. The van der Waals surface area contributed by atoms with Gasteiger partial charge in [-0.1, -0.05) is 31.5 Å². The number of aliphatic carboxylic acids is 1. The summed E-state index contributed by atoms with van der Waals surface area (Å²) < 4.78 is 7.45. The van der Waals surface area contributed by atoms with Crippen molar-refractivity contribution < 1.29 is 14.6 Å². The maximum absolute atomic E-state index is 11.9. The normalized spacial score (nSPS) is 11.6. The molecule has 0 aliphatic heterocycles. The number of carboxylic acids is 1. The van der Waals surface area contributed by atoms with Gasteiger partial charge in [0, 0.05) is 29.8 Å². The lowest BCUT2D eigenvalue weighted by molar-refractivity contribution is -0.132. The number of aryl methyl sites for hydroxylation is 1. The Morgan fingerprint density at radius 1 is 1.31 bits per heavy atom. The highest BCUT2D eigenvalue weighted by atomic mass is 32.1. The number of rotatable bonds is 10. The maximum atomic E-state index is 11.9. The van der Waals surface area contributed by atoms with Gasteiger partial charge in [-0.25, -0.2) is 9.78 Å². The zero-order valence-corrected chi connectivity index (χ0v) is 17.6. The van der Waals surface area contributed by atoms with E-state index in [-0.39, 0.29) is 0 Å². The van der Waals surface area contributed by atoms with Crippen LogP contribution in [0, 0.1) is 0 Å². The van der Waals surface area contributed by atoms with Crippen molar-refractivity contribution in [3.05, 3.63) is 75.5 Å². The summed E-state index contributed by atoms with van der Waals surface area (Å²) in [5.74, 6) is 0.878. The Labute approximate surface area is 175 Å². The lowest BCUT2D eigenvalue weighted by Gasteiger charge is -2.12. The van der Waals surface area contributed by atoms with Crippen LogP contribution in [0.2, 0.25) is 0 Å². The third-order valence-corrected chi connectivity index (χ3v) is 5.62. The average Bonchev–Trinajstić information content (AvgIpc) is 3.36. The Morgan fingerprint density at radius 2 is 2.17 bits per heavy atom. The highest BCUT2D eigenvalue weighted by Crippen LogP contribution is 2.21. The molecule has 3 rings (SSSR count). The van der Waals surface area contributed by atoms with Crippen LogP contribution >= 0.6 is 11.3 Å². The van der Waals surface area contributed by atoms with E-state index in [4.69, 9.17) is 4.74 Å². The van der Waals surface area contributed by atoms with Crippen molar-refractivity contribution in [1.82, 2.24) is 9.55 Å². The molecule has 0 unspecified atom stereocenters. The molecule has 0 radical (unpaired) electrons. The van der Waals surface area contributed by atoms with E-state index in [1.54, 1.807) is 30.7 Å². The summed E-state index contributed by atoms with van der Waals surface area (Å²) in [6.07, 6.45) is 6.92. The second kappa shape index (κ2) is 10.1. The van der Waals surface area contributed by atoms with Crippen LogP contribution in [-0.2, 0) is 24.2 Å². The van der Waals surface area contributed by atoms with Gasteiger partial charge >= 0.3 is 5.97 Å². The van der Waals surface area contributed by atoms with Gasteiger partial charge in [0.25, 0.3) is 0 Å². The van der Waals surface area contributed by atoms with Gasteiger partial charge in [-0.2, -0.15) is 0 Å². The molecule has 2 aromatic heterocycles. The second-order valence-corrected chi connectivity index (χ2v) is 7.90. The summed E-state index contributed by atoms with van der Waals surface area (Å²) in [6.45, 7) is 2.77. The predicted octanol–water partition coefficient (Wildman–Crippen LogP) is 5.05. The number of benzene rings is 1. The molecular formula is C23H26N2O3S. The van der Waals surface area contributed by atoms with E-state index < -0.39 is 5.97 Å². The van der Waals surface area contributed by atoms with E-state index in [1.165, 1.54) is 0 Å². The zero-order valence-electron chi connectivity index (χ0n) is 16.8. The largest absolute Gasteiger partial charge is 0.497 e. The summed E-state index contributed by atoms with van der Waals surface area (Å²) in [7, 11) is 1.65. The van der Waals surface area contributed by atoms with E-state index in [0.717, 1.165) is 47.0 Å². The summed E-state index contributed by atoms with van der Waals surface area (Å²) >= 11 is 1.57. The van der Waals surface area contributed by atoms with Gasteiger partial charge in [-0.15, -0.1) is 11.3 Å².